The molecular weight excluding hydrogens is 230 g/mol. The summed E-state index contributed by atoms with van der Waals surface area (Å²) in [6, 6.07) is 6.60. The van der Waals surface area contributed by atoms with Gasteiger partial charge < -0.3 is 5.11 Å². The number of imide groups is 1. The van der Waals surface area contributed by atoms with Crippen LogP contribution in [-0.4, -0.2) is 40.3 Å². The molecule has 1 unspecified atom stereocenters. The van der Waals surface area contributed by atoms with Crippen LogP contribution >= 0.6 is 11.6 Å². The molecule has 0 aromatic heterocycles. The van der Waals surface area contributed by atoms with Gasteiger partial charge in [-0.15, -0.1) is 11.6 Å². The third kappa shape index (κ3) is 1.70. The number of carbonyl (C=O) groups is 2. The van der Waals surface area contributed by atoms with E-state index in [1.165, 1.54) is 0 Å². The second-order valence-corrected chi connectivity index (χ2v) is 3.88. The summed E-state index contributed by atoms with van der Waals surface area (Å²) in [6.45, 7) is -0.0597. The van der Waals surface area contributed by atoms with Crippen LogP contribution in [0.15, 0.2) is 24.3 Å². The first-order valence-electron chi connectivity index (χ1n) is 4.84. The topological polar surface area (TPSA) is 57.6 Å². The van der Waals surface area contributed by atoms with Crippen LogP contribution in [0.5, 0.6) is 0 Å². The number of aliphatic hydroxyl groups is 1. The fourth-order valence-electron chi connectivity index (χ4n) is 1.66. The Balaban J connectivity index is 2.28. The number of hydrogen-bond donors (Lipinski definition) is 1. The van der Waals surface area contributed by atoms with E-state index in [0.29, 0.717) is 11.1 Å². The van der Waals surface area contributed by atoms with Crippen molar-refractivity contribution in [1.29, 1.82) is 0 Å². The Morgan fingerprint density at radius 1 is 1.19 bits per heavy atom. The zero-order chi connectivity index (χ0) is 11.7. The average Bonchev–Trinajstić information content (AvgIpc) is 2.55. The second-order valence-electron chi connectivity index (χ2n) is 3.57. The lowest BCUT2D eigenvalue weighted by Gasteiger charge is -2.16. The van der Waals surface area contributed by atoms with E-state index in [1.807, 2.05) is 0 Å². The number of β-amino-alcohol motifs (C(OH)–C–C–N with tert-alkyl or cyclic N) is 1. The lowest BCUT2D eigenvalue weighted by Crippen LogP contribution is -2.37. The van der Waals surface area contributed by atoms with Crippen LogP contribution in [0.25, 0.3) is 0 Å². The number of hydrogen-bond acceptors (Lipinski definition) is 3. The van der Waals surface area contributed by atoms with Gasteiger partial charge in [0.05, 0.1) is 29.7 Å². The highest BCUT2D eigenvalue weighted by Crippen LogP contribution is 2.22. The molecule has 84 valence electrons. The monoisotopic (exact) mass is 239 g/mol. The first-order valence-corrected chi connectivity index (χ1v) is 5.38. The van der Waals surface area contributed by atoms with Crippen LogP contribution in [0.3, 0.4) is 0 Å². The van der Waals surface area contributed by atoms with Crippen molar-refractivity contribution >= 4 is 23.4 Å². The molecular formula is C11H10ClNO3. The molecule has 1 aliphatic heterocycles. The van der Waals surface area contributed by atoms with Gasteiger partial charge in [0.2, 0.25) is 0 Å². The fourth-order valence-corrected chi connectivity index (χ4v) is 1.76. The van der Waals surface area contributed by atoms with E-state index in [4.69, 9.17) is 11.6 Å². The third-order valence-corrected chi connectivity index (χ3v) is 2.81. The zero-order valence-corrected chi connectivity index (χ0v) is 9.15. The minimum absolute atomic E-state index is 0.00654. The Labute approximate surface area is 97.4 Å². The van der Waals surface area contributed by atoms with Crippen molar-refractivity contribution in [1.82, 2.24) is 4.90 Å². The van der Waals surface area contributed by atoms with Crippen molar-refractivity contribution in [2.24, 2.45) is 0 Å². The Hall–Kier alpha value is -1.39. The smallest absolute Gasteiger partial charge is 0.261 e. The first kappa shape index (κ1) is 11.1. The predicted molar refractivity (Wildman–Crippen MR) is 58.5 cm³/mol. The van der Waals surface area contributed by atoms with Gasteiger partial charge in [0.1, 0.15) is 0 Å². The maximum atomic E-state index is 11.8. The van der Waals surface area contributed by atoms with Crippen molar-refractivity contribution in [2.75, 3.05) is 12.4 Å². The summed E-state index contributed by atoms with van der Waals surface area (Å²) < 4.78 is 0. The number of aliphatic hydroxyl groups excluding tert-OH is 1. The Morgan fingerprint density at radius 2 is 1.69 bits per heavy atom. The number of rotatable bonds is 3. The molecule has 4 nitrogen and oxygen atoms in total. The molecule has 1 aromatic carbocycles. The summed E-state index contributed by atoms with van der Waals surface area (Å²) in [5, 5.41) is 9.35. The molecule has 0 saturated heterocycles. The van der Waals surface area contributed by atoms with Gasteiger partial charge in [-0.05, 0) is 12.1 Å². The van der Waals surface area contributed by atoms with Crippen molar-refractivity contribution in [3.05, 3.63) is 35.4 Å². The van der Waals surface area contributed by atoms with E-state index in [1.54, 1.807) is 24.3 Å². The maximum absolute atomic E-state index is 11.8. The van der Waals surface area contributed by atoms with Crippen molar-refractivity contribution in [2.45, 2.75) is 6.10 Å². The highest BCUT2D eigenvalue weighted by molar-refractivity contribution is 6.21. The average molecular weight is 240 g/mol. The van der Waals surface area contributed by atoms with E-state index in [-0.39, 0.29) is 24.2 Å². The minimum Gasteiger partial charge on any atom is -0.390 e. The molecule has 0 spiro atoms. The van der Waals surface area contributed by atoms with E-state index in [9.17, 15) is 14.7 Å². The van der Waals surface area contributed by atoms with Crippen LogP contribution in [-0.2, 0) is 0 Å². The quantitative estimate of drug-likeness (QED) is 0.629. The number of carbonyl (C=O) groups excluding carboxylic acids is 2. The number of fused-ring (bicyclic) bond motifs is 1. The van der Waals surface area contributed by atoms with Crippen LogP contribution in [0.1, 0.15) is 20.7 Å². The fraction of sp³-hybridized carbons (Fsp3) is 0.273. The Morgan fingerprint density at radius 3 is 2.12 bits per heavy atom. The normalized spacial score (nSPS) is 16.5. The predicted octanol–water partition coefficient (Wildman–Crippen LogP) is 0.882. The molecule has 0 radical (unpaired) electrons. The molecule has 16 heavy (non-hydrogen) atoms. The molecule has 1 aromatic rings. The van der Waals surface area contributed by atoms with Gasteiger partial charge in [-0.25, -0.2) is 0 Å². The Kier molecular flexibility index (Phi) is 2.94. The molecule has 0 bridgehead atoms. The van der Waals surface area contributed by atoms with Crippen LogP contribution < -0.4 is 0 Å². The lowest BCUT2D eigenvalue weighted by molar-refractivity contribution is 0.0566. The van der Waals surface area contributed by atoms with Gasteiger partial charge in [0.15, 0.2) is 0 Å². The number of halogens is 1. The van der Waals surface area contributed by atoms with E-state index in [2.05, 4.69) is 0 Å². The van der Waals surface area contributed by atoms with Crippen molar-refractivity contribution in [3.63, 3.8) is 0 Å². The number of alkyl halides is 1. The van der Waals surface area contributed by atoms with E-state index >= 15 is 0 Å². The molecule has 1 N–H and O–H groups in total. The second kappa shape index (κ2) is 4.23. The SMILES string of the molecule is O=C1c2ccccc2C(=O)N1CC(O)CCl. The first-order chi connectivity index (χ1) is 7.65. The summed E-state index contributed by atoms with van der Waals surface area (Å²) in [4.78, 5) is 24.6. The van der Waals surface area contributed by atoms with Gasteiger partial charge in [0, 0.05) is 0 Å². The summed E-state index contributed by atoms with van der Waals surface area (Å²) in [5.74, 6) is -0.748. The molecule has 0 fully saturated rings. The standard InChI is InChI=1S/C11H10ClNO3/c12-5-7(14)6-13-10(15)8-3-1-2-4-9(8)11(13)16/h1-4,7,14H,5-6H2. The lowest BCUT2D eigenvalue weighted by atomic mass is 10.1. The summed E-state index contributed by atoms with van der Waals surface area (Å²) >= 11 is 5.44. The highest BCUT2D eigenvalue weighted by Gasteiger charge is 2.35. The number of benzene rings is 1. The van der Waals surface area contributed by atoms with Gasteiger partial charge in [-0.1, -0.05) is 12.1 Å². The van der Waals surface area contributed by atoms with E-state index < -0.39 is 6.10 Å². The van der Waals surface area contributed by atoms with Crippen LogP contribution in [0, 0.1) is 0 Å². The van der Waals surface area contributed by atoms with Crippen LogP contribution in [0.2, 0.25) is 0 Å². The summed E-state index contributed by atoms with van der Waals surface area (Å²) in [6.07, 6.45) is -0.885. The summed E-state index contributed by atoms with van der Waals surface area (Å²) in [7, 11) is 0. The van der Waals surface area contributed by atoms with Crippen molar-refractivity contribution < 1.29 is 14.7 Å². The molecule has 5 heteroatoms. The maximum Gasteiger partial charge on any atom is 0.261 e. The molecule has 0 aliphatic carbocycles. The van der Waals surface area contributed by atoms with Gasteiger partial charge in [-0.2, -0.15) is 0 Å². The summed E-state index contributed by atoms with van der Waals surface area (Å²) in [5.41, 5.74) is 0.767. The third-order valence-electron chi connectivity index (χ3n) is 2.45. The molecule has 1 aliphatic rings. The molecule has 2 amide bonds. The van der Waals surface area contributed by atoms with Crippen LogP contribution in [0.4, 0.5) is 0 Å². The number of nitrogens with zero attached hydrogens (tertiary/aromatic N) is 1. The van der Waals surface area contributed by atoms with Crippen molar-refractivity contribution in [3.8, 4) is 0 Å². The molecule has 2 rings (SSSR count). The number of amides is 2. The molecule has 1 heterocycles. The molecule has 1 atom stereocenters. The van der Waals surface area contributed by atoms with E-state index in [0.717, 1.165) is 4.90 Å². The van der Waals surface area contributed by atoms with Gasteiger partial charge in [0.25, 0.3) is 11.8 Å². The van der Waals surface area contributed by atoms with Gasteiger partial charge >= 0.3 is 0 Å². The zero-order valence-electron chi connectivity index (χ0n) is 8.39. The van der Waals surface area contributed by atoms with Gasteiger partial charge in [-0.3, -0.25) is 14.5 Å². The Bertz CT molecular complexity index is 412. The minimum atomic E-state index is -0.885. The largest absolute Gasteiger partial charge is 0.390 e. The highest BCUT2D eigenvalue weighted by atomic mass is 35.5. The molecule has 0 saturated carbocycles.